The first-order valence-electron chi connectivity index (χ1n) is 8.84. The van der Waals surface area contributed by atoms with E-state index in [0.717, 1.165) is 28.3 Å². The Bertz CT molecular complexity index is 1100. The van der Waals surface area contributed by atoms with Gasteiger partial charge in [0.15, 0.2) is 5.78 Å². The minimum atomic E-state index is -0.161. The Morgan fingerprint density at radius 1 is 1.10 bits per heavy atom. The van der Waals surface area contributed by atoms with Crippen LogP contribution in [0.4, 0.5) is 0 Å². The predicted molar refractivity (Wildman–Crippen MR) is 119 cm³/mol. The highest BCUT2D eigenvalue weighted by Crippen LogP contribution is 2.26. The first-order valence-corrected chi connectivity index (χ1v) is 9.97. The second kappa shape index (κ2) is 9.04. The Labute approximate surface area is 184 Å². The van der Waals surface area contributed by atoms with Crippen molar-refractivity contribution < 1.29 is 9.53 Å². The van der Waals surface area contributed by atoms with Gasteiger partial charge in [0.25, 0.3) is 0 Å². The van der Waals surface area contributed by atoms with Crippen molar-refractivity contribution in [3.63, 3.8) is 0 Å². The zero-order chi connectivity index (χ0) is 21.1. The van der Waals surface area contributed by atoms with Gasteiger partial charge in [0.2, 0.25) is 0 Å². The van der Waals surface area contributed by atoms with E-state index in [2.05, 4.69) is 5.10 Å². The second-order valence-electron chi connectivity index (χ2n) is 6.54. The maximum absolute atomic E-state index is 12.4. The van der Waals surface area contributed by atoms with Crippen molar-refractivity contribution in [2.45, 2.75) is 20.4 Å². The lowest BCUT2D eigenvalue weighted by Crippen LogP contribution is -2.06. The summed E-state index contributed by atoms with van der Waals surface area (Å²) < 4.78 is 7.31. The highest BCUT2D eigenvalue weighted by Gasteiger charge is 2.12. The number of methoxy groups -OCH3 is 1. The highest BCUT2D eigenvalue weighted by molar-refractivity contribution is 6.42. The first kappa shape index (κ1) is 21.4. The van der Waals surface area contributed by atoms with Gasteiger partial charge in [-0.25, -0.2) is 0 Å². The van der Waals surface area contributed by atoms with Gasteiger partial charge in [-0.2, -0.15) is 5.10 Å². The van der Waals surface area contributed by atoms with Crippen LogP contribution in [-0.2, 0) is 6.54 Å². The molecule has 3 rings (SSSR count). The fraction of sp³-hybridized carbons (Fsp3) is 0.182. The molecule has 0 N–H and O–H groups in total. The zero-order valence-electron chi connectivity index (χ0n) is 16.2. The summed E-state index contributed by atoms with van der Waals surface area (Å²) >= 11 is 18.1. The van der Waals surface area contributed by atoms with Crippen LogP contribution in [0.2, 0.25) is 15.1 Å². The average molecular weight is 450 g/mol. The van der Waals surface area contributed by atoms with Crippen molar-refractivity contribution in [2.75, 3.05) is 7.11 Å². The molecule has 7 heteroatoms. The van der Waals surface area contributed by atoms with Crippen LogP contribution in [0, 0.1) is 13.8 Å². The molecule has 0 unspecified atom stereocenters. The quantitative estimate of drug-likeness (QED) is 0.322. The summed E-state index contributed by atoms with van der Waals surface area (Å²) in [5.74, 6) is 0.577. The second-order valence-corrected chi connectivity index (χ2v) is 7.73. The van der Waals surface area contributed by atoms with Crippen molar-refractivity contribution in [1.29, 1.82) is 0 Å². The molecule has 3 aromatic rings. The lowest BCUT2D eigenvalue weighted by Gasteiger charge is -2.11. The first-order chi connectivity index (χ1) is 13.8. The van der Waals surface area contributed by atoms with E-state index in [1.807, 2.05) is 36.7 Å². The molecule has 0 fully saturated rings. The molecule has 150 valence electrons. The van der Waals surface area contributed by atoms with Gasteiger partial charge >= 0.3 is 0 Å². The van der Waals surface area contributed by atoms with Gasteiger partial charge in [0.05, 0.1) is 40.1 Å². The van der Waals surface area contributed by atoms with E-state index < -0.39 is 0 Å². The van der Waals surface area contributed by atoms with Gasteiger partial charge in [-0.3, -0.25) is 9.48 Å². The van der Waals surface area contributed by atoms with Crippen LogP contribution in [0.25, 0.3) is 6.08 Å². The van der Waals surface area contributed by atoms with Crippen LogP contribution in [0.3, 0.4) is 0 Å². The Morgan fingerprint density at radius 2 is 1.86 bits per heavy atom. The molecule has 0 bridgehead atoms. The van der Waals surface area contributed by atoms with Crippen molar-refractivity contribution >= 4 is 46.7 Å². The number of ether oxygens (including phenoxy) is 1. The number of hydrogen-bond acceptors (Lipinski definition) is 3. The van der Waals surface area contributed by atoms with Crippen LogP contribution < -0.4 is 4.74 Å². The van der Waals surface area contributed by atoms with Crippen molar-refractivity contribution in [2.24, 2.45) is 0 Å². The predicted octanol–water partition coefficient (Wildman–Crippen LogP) is 6.41. The fourth-order valence-electron chi connectivity index (χ4n) is 2.93. The lowest BCUT2D eigenvalue weighted by atomic mass is 10.1. The number of rotatable bonds is 6. The Balaban J connectivity index is 1.85. The number of aromatic nitrogens is 2. The van der Waals surface area contributed by atoms with Crippen LogP contribution in [0.1, 0.15) is 32.9 Å². The maximum Gasteiger partial charge on any atom is 0.185 e. The molecular weight excluding hydrogens is 431 g/mol. The molecule has 0 atom stereocenters. The molecule has 1 heterocycles. The van der Waals surface area contributed by atoms with E-state index in [0.29, 0.717) is 27.2 Å². The van der Waals surface area contributed by atoms with Gasteiger partial charge in [-0.15, -0.1) is 0 Å². The minimum Gasteiger partial charge on any atom is -0.496 e. The Morgan fingerprint density at radius 3 is 2.48 bits per heavy atom. The summed E-state index contributed by atoms with van der Waals surface area (Å²) in [6.45, 7) is 4.30. The fourth-order valence-corrected chi connectivity index (χ4v) is 3.37. The molecule has 0 aliphatic heterocycles. The molecule has 29 heavy (non-hydrogen) atoms. The molecular formula is C22H19Cl3N2O2. The Kier molecular flexibility index (Phi) is 6.68. The van der Waals surface area contributed by atoms with Gasteiger partial charge in [-0.05, 0) is 55.8 Å². The molecule has 1 aromatic heterocycles. The summed E-state index contributed by atoms with van der Waals surface area (Å²) in [4.78, 5) is 12.4. The average Bonchev–Trinajstić information content (AvgIpc) is 2.95. The molecule has 0 aliphatic rings. The monoisotopic (exact) mass is 448 g/mol. The number of halogens is 3. The van der Waals surface area contributed by atoms with Crippen LogP contribution in [0.15, 0.2) is 42.5 Å². The normalized spacial score (nSPS) is 11.2. The molecule has 0 radical (unpaired) electrons. The molecule has 2 aromatic carbocycles. The number of hydrogen-bond donors (Lipinski definition) is 0. The van der Waals surface area contributed by atoms with E-state index in [1.54, 1.807) is 31.4 Å². The van der Waals surface area contributed by atoms with Crippen LogP contribution in [0.5, 0.6) is 5.75 Å². The van der Waals surface area contributed by atoms with Crippen molar-refractivity contribution in [1.82, 2.24) is 9.78 Å². The summed E-state index contributed by atoms with van der Waals surface area (Å²) in [7, 11) is 1.62. The number of aryl methyl sites for hydroxylation is 1. The summed E-state index contributed by atoms with van der Waals surface area (Å²) in [5, 5.41) is 5.89. The number of allylic oxidation sites excluding steroid dienone is 1. The number of carbonyl (C=O) groups is 1. The standard InChI is InChI=1S/C22H19Cl3N2O2/c1-13-22(25)14(2)27(26-13)12-17-10-15(5-9-21(17)29-3)4-8-20(28)16-6-7-18(23)19(24)11-16/h4-11H,12H2,1-3H3/b8-4+. The van der Waals surface area contributed by atoms with Gasteiger partial charge in [0.1, 0.15) is 5.75 Å². The van der Waals surface area contributed by atoms with E-state index in [4.69, 9.17) is 39.5 Å². The third kappa shape index (κ3) is 4.84. The molecule has 0 saturated carbocycles. The van der Waals surface area contributed by atoms with Gasteiger partial charge in [0, 0.05) is 11.1 Å². The van der Waals surface area contributed by atoms with Crippen molar-refractivity contribution in [3.8, 4) is 5.75 Å². The molecule has 0 amide bonds. The van der Waals surface area contributed by atoms with Crippen LogP contribution in [-0.4, -0.2) is 22.7 Å². The number of benzene rings is 2. The number of carbonyl (C=O) groups excluding carboxylic acids is 1. The topological polar surface area (TPSA) is 44.1 Å². The third-order valence-corrected chi connectivity index (χ3v) is 5.84. The van der Waals surface area contributed by atoms with E-state index in [1.165, 1.54) is 6.08 Å². The highest BCUT2D eigenvalue weighted by atomic mass is 35.5. The van der Waals surface area contributed by atoms with Crippen molar-refractivity contribution in [3.05, 3.63) is 85.6 Å². The summed E-state index contributed by atoms with van der Waals surface area (Å²) in [6.07, 6.45) is 3.26. The Hall–Kier alpha value is -2.27. The largest absolute Gasteiger partial charge is 0.496 e. The molecule has 0 saturated heterocycles. The maximum atomic E-state index is 12.4. The third-order valence-electron chi connectivity index (χ3n) is 4.55. The summed E-state index contributed by atoms with van der Waals surface area (Å²) in [6, 6.07) is 10.5. The molecule has 0 aliphatic carbocycles. The van der Waals surface area contributed by atoms with Crippen LogP contribution >= 0.6 is 34.8 Å². The lowest BCUT2D eigenvalue weighted by molar-refractivity contribution is 0.104. The molecule has 0 spiro atoms. The van der Waals surface area contributed by atoms with Gasteiger partial charge in [-0.1, -0.05) is 46.9 Å². The smallest absolute Gasteiger partial charge is 0.185 e. The SMILES string of the molecule is COc1ccc(/C=C/C(=O)c2ccc(Cl)c(Cl)c2)cc1Cn1nc(C)c(Cl)c1C. The molecule has 4 nitrogen and oxygen atoms in total. The van der Waals surface area contributed by atoms with E-state index in [-0.39, 0.29) is 5.78 Å². The number of ketones is 1. The van der Waals surface area contributed by atoms with E-state index in [9.17, 15) is 4.79 Å². The zero-order valence-corrected chi connectivity index (χ0v) is 18.4. The van der Waals surface area contributed by atoms with E-state index >= 15 is 0 Å². The summed E-state index contributed by atoms with van der Waals surface area (Å²) in [5.41, 5.74) is 3.94. The minimum absolute atomic E-state index is 0.161. The van der Waals surface area contributed by atoms with Gasteiger partial charge < -0.3 is 4.74 Å². The number of nitrogens with zero attached hydrogens (tertiary/aromatic N) is 2.